The number of rotatable bonds is 5. The Labute approximate surface area is 146 Å². The van der Waals surface area contributed by atoms with Gasteiger partial charge in [-0.3, -0.25) is 4.79 Å². The van der Waals surface area contributed by atoms with Crippen LogP contribution in [0.2, 0.25) is 0 Å². The SMILES string of the molecule is CCCNC(=O)Nc1cccc(OC(=O)[C@H]2CCCN(C(N)=O)C2)c1. The largest absolute Gasteiger partial charge is 0.426 e. The maximum Gasteiger partial charge on any atom is 0.319 e. The summed E-state index contributed by atoms with van der Waals surface area (Å²) in [5.74, 6) is -0.459. The molecule has 1 atom stereocenters. The lowest BCUT2D eigenvalue weighted by Crippen LogP contribution is -2.45. The van der Waals surface area contributed by atoms with Gasteiger partial charge in [0.1, 0.15) is 5.75 Å². The molecule has 1 fully saturated rings. The predicted molar refractivity (Wildman–Crippen MR) is 93.3 cm³/mol. The number of carbonyl (C=O) groups excluding carboxylic acids is 3. The van der Waals surface area contributed by atoms with E-state index in [2.05, 4.69) is 10.6 Å². The van der Waals surface area contributed by atoms with Gasteiger partial charge in [-0.2, -0.15) is 0 Å². The van der Waals surface area contributed by atoms with Gasteiger partial charge >= 0.3 is 18.0 Å². The molecular formula is C17H24N4O4. The Morgan fingerprint density at radius 1 is 1.36 bits per heavy atom. The summed E-state index contributed by atoms with van der Waals surface area (Å²) in [6.45, 7) is 3.38. The second kappa shape index (κ2) is 8.91. The smallest absolute Gasteiger partial charge is 0.319 e. The molecular weight excluding hydrogens is 324 g/mol. The highest BCUT2D eigenvalue weighted by Gasteiger charge is 2.29. The van der Waals surface area contributed by atoms with Crippen LogP contribution in [-0.4, -0.2) is 42.6 Å². The van der Waals surface area contributed by atoms with Crippen molar-refractivity contribution in [3.8, 4) is 5.75 Å². The summed E-state index contributed by atoms with van der Waals surface area (Å²) >= 11 is 0. The average Bonchev–Trinajstić information content (AvgIpc) is 2.60. The zero-order valence-electron chi connectivity index (χ0n) is 14.3. The number of urea groups is 2. The van der Waals surface area contributed by atoms with Crippen LogP contribution in [-0.2, 0) is 4.79 Å². The van der Waals surface area contributed by atoms with Gasteiger partial charge in [-0.15, -0.1) is 0 Å². The van der Waals surface area contributed by atoms with E-state index >= 15 is 0 Å². The number of amides is 4. The van der Waals surface area contributed by atoms with Crippen molar-refractivity contribution in [2.45, 2.75) is 26.2 Å². The fourth-order valence-corrected chi connectivity index (χ4v) is 2.62. The Bertz CT molecular complexity index is 635. The van der Waals surface area contributed by atoms with E-state index in [-0.39, 0.29) is 12.6 Å². The third kappa shape index (κ3) is 5.66. The molecule has 0 spiro atoms. The predicted octanol–water partition coefficient (Wildman–Crippen LogP) is 1.91. The lowest BCUT2D eigenvalue weighted by molar-refractivity contribution is -0.140. The summed E-state index contributed by atoms with van der Waals surface area (Å²) in [5.41, 5.74) is 5.80. The Hall–Kier alpha value is -2.77. The molecule has 0 bridgehead atoms. The molecule has 1 saturated heterocycles. The number of likely N-dealkylation sites (tertiary alicyclic amines) is 1. The van der Waals surface area contributed by atoms with Crippen molar-refractivity contribution < 1.29 is 19.1 Å². The van der Waals surface area contributed by atoms with Crippen molar-refractivity contribution in [1.29, 1.82) is 0 Å². The van der Waals surface area contributed by atoms with Crippen molar-refractivity contribution in [2.24, 2.45) is 11.7 Å². The number of nitrogens with one attached hydrogen (secondary N) is 2. The summed E-state index contributed by atoms with van der Waals surface area (Å²) in [5, 5.41) is 5.38. The maximum atomic E-state index is 12.3. The topological polar surface area (TPSA) is 114 Å². The highest BCUT2D eigenvalue weighted by Crippen LogP contribution is 2.22. The Balaban J connectivity index is 1.93. The molecule has 25 heavy (non-hydrogen) atoms. The number of hydrogen-bond acceptors (Lipinski definition) is 4. The van der Waals surface area contributed by atoms with Gasteiger partial charge in [0, 0.05) is 31.4 Å². The van der Waals surface area contributed by atoms with E-state index in [1.807, 2.05) is 6.92 Å². The summed E-state index contributed by atoms with van der Waals surface area (Å²) in [6.07, 6.45) is 2.21. The first-order chi connectivity index (χ1) is 12.0. The van der Waals surface area contributed by atoms with Crippen LogP contribution < -0.4 is 21.1 Å². The zero-order valence-corrected chi connectivity index (χ0v) is 14.3. The monoisotopic (exact) mass is 348 g/mol. The molecule has 4 amide bonds. The first-order valence-electron chi connectivity index (χ1n) is 8.40. The number of nitrogens with zero attached hydrogens (tertiary/aromatic N) is 1. The first-order valence-corrected chi connectivity index (χ1v) is 8.40. The summed E-state index contributed by atoms with van der Waals surface area (Å²) in [6, 6.07) is 5.78. The number of piperidine rings is 1. The van der Waals surface area contributed by atoms with E-state index in [1.54, 1.807) is 24.3 Å². The number of esters is 1. The van der Waals surface area contributed by atoms with E-state index in [4.69, 9.17) is 10.5 Å². The quantitative estimate of drug-likeness (QED) is 0.557. The fraction of sp³-hybridized carbons (Fsp3) is 0.471. The second-order valence-electron chi connectivity index (χ2n) is 5.95. The number of carbonyl (C=O) groups is 3. The third-order valence-corrected chi connectivity index (χ3v) is 3.91. The normalized spacial score (nSPS) is 16.8. The van der Waals surface area contributed by atoms with Crippen LogP contribution in [0.5, 0.6) is 5.75 Å². The fourth-order valence-electron chi connectivity index (χ4n) is 2.62. The van der Waals surface area contributed by atoms with Crippen LogP contribution in [0.15, 0.2) is 24.3 Å². The van der Waals surface area contributed by atoms with Crippen molar-refractivity contribution in [3.63, 3.8) is 0 Å². The number of benzene rings is 1. The van der Waals surface area contributed by atoms with Gasteiger partial charge in [-0.1, -0.05) is 13.0 Å². The Kier molecular flexibility index (Phi) is 6.62. The highest BCUT2D eigenvalue weighted by molar-refractivity contribution is 5.89. The van der Waals surface area contributed by atoms with Crippen LogP contribution in [0.4, 0.5) is 15.3 Å². The van der Waals surface area contributed by atoms with Crippen molar-refractivity contribution in [2.75, 3.05) is 25.0 Å². The van der Waals surface area contributed by atoms with Gasteiger partial charge in [0.2, 0.25) is 0 Å². The van der Waals surface area contributed by atoms with Crippen molar-refractivity contribution in [1.82, 2.24) is 10.2 Å². The second-order valence-corrected chi connectivity index (χ2v) is 5.95. The van der Waals surface area contributed by atoms with Gasteiger partial charge < -0.3 is 26.0 Å². The lowest BCUT2D eigenvalue weighted by Gasteiger charge is -2.30. The molecule has 8 heteroatoms. The van der Waals surface area contributed by atoms with Crippen LogP contribution >= 0.6 is 0 Å². The van der Waals surface area contributed by atoms with E-state index < -0.39 is 17.9 Å². The van der Waals surface area contributed by atoms with Crippen molar-refractivity contribution >= 4 is 23.7 Å². The molecule has 4 N–H and O–H groups in total. The number of anilines is 1. The molecule has 1 heterocycles. The van der Waals surface area contributed by atoms with Gasteiger partial charge in [0.15, 0.2) is 0 Å². The Morgan fingerprint density at radius 2 is 2.16 bits per heavy atom. The molecule has 0 radical (unpaired) electrons. The summed E-state index contributed by atoms with van der Waals surface area (Å²) < 4.78 is 5.40. The lowest BCUT2D eigenvalue weighted by atomic mass is 9.98. The number of nitrogens with two attached hydrogens (primary N) is 1. The Morgan fingerprint density at radius 3 is 2.88 bits per heavy atom. The van der Waals surface area contributed by atoms with E-state index in [0.29, 0.717) is 37.4 Å². The van der Waals surface area contributed by atoms with Gasteiger partial charge in [0.25, 0.3) is 0 Å². The summed E-state index contributed by atoms with van der Waals surface area (Å²) in [7, 11) is 0. The third-order valence-electron chi connectivity index (χ3n) is 3.91. The first kappa shape index (κ1) is 18.6. The van der Waals surface area contributed by atoms with E-state index in [1.165, 1.54) is 4.90 Å². The molecule has 8 nitrogen and oxygen atoms in total. The van der Waals surface area contributed by atoms with Gasteiger partial charge in [-0.05, 0) is 31.4 Å². The summed E-state index contributed by atoms with van der Waals surface area (Å²) in [4.78, 5) is 36.7. The minimum absolute atomic E-state index is 0.269. The van der Waals surface area contributed by atoms with Crippen LogP contribution in [0, 0.1) is 5.92 Å². The van der Waals surface area contributed by atoms with Crippen LogP contribution in [0.1, 0.15) is 26.2 Å². The molecule has 0 aromatic heterocycles. The molecule has 1 aliphatic rings. The molecule has 136 valence electrons. The average molecular weight is 348 g/mol. The molecule has 0 saturated carbocycles. The maximum absolute atomic E-state index is 12.3. The number of hydrogen-bond donors (Lipinski definition) is 3. The number of primary amides is 1. The minimum Gasteiger partial charge on any atom is -0.426 e. The molecule has 1 aromatic rings. The van der Waals surface area contributed by atoms with Gasteiger partial charge in [0.05, 0.1) is 5.92 Å². The molecule has 1 aliphatic heterocycles. The molecule has 2 rings (SSSR count). The van der Waals surface area contributed by atoms with Crippen LogP contribution in [0.25, 0.3) is 0 Å². The van der Waals surface area contributed by atoms with E-state index in [0.717, 1.165) is 6.42 Å². The molecule has 0 aliphatic carbocycles. The van der Waals surface area contributed by atoms with E-state index in [9.17, 15) is 14.4 Å². The van der Waals surface area contributed by atoms with Crippen LogP contribution in [0.3, 0.4) is 0 Å². The molecule has 1 aromatic carbocycles. The zero-order chi connectivity index (χ0) is 18.2. The highest BCUT2D eigenvalue weighted by atomic mass is 16.5. The van der Waals surface area contributed by atoms with Crippen molar-refractivity contribution in [3.05, 3.63) is 24.3 Å². The number of ether oxygens (including phenoxy) is 1. The minimum atomic E-state index is -0.526. The standard InChI is InChI=1S/C17H24N4O4/c1-2-8-19-17(24)20-13-6-3-7-14(10-13)25-15(22)12-5-4-9-21(11-12)16(18)23/h3,6-7,10,12H,2,4-5,8-9,11H2,1H3,(H2,18,23)(H2,19,20,24)/t12-/m0/s1. The van der Waals surface area contributed by atoms with Gasteiger partial charge in [-0.25, -0.2) is 9.59 Å². The molecule has 0 unspecified atom stereocenters.